The van der Waals surface area contributed by atoms with Crippen LogP contribution in [0.3, 0.4) is 0 Å². The number of methoxy groups -OCH3 is 1. The zero-order chi connectivity index (χ0) is 16.7. The van der Waals surface area contributed by atoms with Gasteiger partial charge in [0.15, 0.2) is 0 Å². The zero-order valence-corrected chi connectivity index (χ0v) is 13.5. The Hall–Kier alpha value is -2.24. The van der Waals surface area contributed by atoms with Crippen LogP contribution in [-0.4, -0.2) is 32.0 Å². The lowest BCUT2D eigenvalue weighted by molar-refractivity contribution is -0.134. The summed E-state index contributed by atoms with van der Waals surface area (Å²) in [6.45, 7) is 1.12. The lowest BCUT2D eigenvalue weighted by Gasteiger charge is -2.28. The molecule has 0 radical (unpaired) electrons. The van der Waals surface area contributed by atoms with Crippen LogP contribution in [0.2, 0.25) is 0 Å². The Kier molecular flexibility index (Phi) is 6.26. The maximum Gasteiger partial charge on any atom is 0.223 e. The van der Waals surface area contributed by atoms with E-state index in [1.54, 1.807) is 7.11 Å². The van der Waals surface area contributed by atoms with Crippen molar-refractivity contribution in [2.45, 2.75) is 25.7 Å². The van der Waals surface area contributed by atoms with Crippen molar-refractivity contribution in [1.82, 2.24) is 5.32 Å². The highest BCUT2D eigenvalue weighted by molar-refractivity contribution is 5.87. The first-order chi connectivity index (χ1) is 11.1. The van der Waals surface area contributed by atoms with Crippen LogP contribution in [0.1, 0.15) is 25.7 Å². The molecule has 2 amide bonds. The summed E-state index contributed by atoms with van der Waals surface area (Å²) in [6.07, 6.45) is 3.41. The van der Waals surface area contributed by atoms with Gasteiger partial charge < -0.3 is 21.1 Å². The van der Waals surface area contributed by atoms with Crippen molar-refractivity contribution >= 4 is 17.5 Å². The number of nitrogens with one attached hydrogen (secondary N) is 2. The SMILES string of the molecule is COc1ccc(NCCNC(=O)C2CCCCC2C(N)=O)cc1. The Bertz CT molecular complexity index is 530. The zero-order valence-electron chi connectivity index (χ0n) is 13.5. The topological polar surface area (TPSA) is 93.4 Å². The van der Waals surface area contributed by atoms with Crippen molar-refractivity contribution in [1.29, 1.82) is 0 Å². The smallest absolute Gasteiger partial charge is 0.223 e. The van der Waals surface area contributed by atoms with Gasteiger partial charge in [-0.3, -0.25) is 9.59 Å². The summed E-state index contributed by atoms with van der Waals surface area (Å²) >= 11 is 0. The molecule has 1 saturated carbocycles. The molecule has 0 saturated heterocycles. The van der Waals surface area contributed by atoms with Crippen molar-refractivity contribution in [2.75, 3.05) is 25.5 Å². The fourth-order valence-electron chi connectivity index (χ4n) is 3.02. The van der Waals surface area contributed by atoms with Gasteiger partial charge >= 0.3 is 0 Å². The molecule has 0 bridgehead atoms. The van der Waals surface area contributed by atoms with Crippen LogP contribution in [-0.2, 0) is 9.59 Å². The second kappa shape index (κ2) is 8.41. The van der Waals surface area contributed by atoms with E-state index < -0.39 is 0 Å². The summed E-state index contributed by atoms with van der Waals surface area (Å²) in [4.78, 5) is 23.7. The average Bonchev–Trinajstić information content (AvgIpc) is 2.59. The van der Waals surface area contributed by atoms with E-state index >= 15 is 0 Å². The van der Waals surface area contributed by atoms with E-state index in [0.717, 1.165) is 37.1 Å². The van der Waals surface area contributed by atoms with Crippen molar-refractivity contribution < 1.29 is 14.3 Å². The highest BCUT2D eigenvalue weighted by atomic mass is 16.5. The summed E-state index contributed by atoms with van der Waals surface area (Å²) in [5.41, 5.74) is 6.37. The first kappa shape index (κ1) is 17.1. The predicted octanol–water partition coefficient (Wildman–Crippen LogP) is 1.51. The molecule has 23 heavy (non-hydrogen) atoms. The van der Waals surface area contributed by atoms with E-state index in [9.17, 15) is 9.59 Å². The average molecular weight is 319 g/mol. The third kappa shape index (κ3) is 4.87. The fourth-order valence-corrected chi connectivity index (χ4v) is 3.02. The Morgan fingerprint density at radius 2 is 1.78 bits per heavy atom. The maximum absolute atomic E-state index is 12.2. The van der Waals surface area contributed by atoms with Crippen molar-refractivity contribution in [3.8, 4) is 5.75 Å². The Balaban J connectivity index is 1.74. The third-order valence-electron chi connectivity index (χ3n) is 4.31. The van der Waals surface area contributed by atoms with Gasteiger partial charge in [-0.1, -0.05) is 12.8 Å². The highest BCUT2D eigenvalue weighted by Gasteiger charge is 2.34. The molecule has 2 atom stereocenters. The molecule has 4 N–H and O–H groups in total. The lowest BCUT2D eigenvalue weighted by Crippen LogP contribution is -2.43. The van der Waals surface area contributed by atoms with Crippen molar-refractivity contribution in [2.24, 2.45) is 17.6 Å². The first-order valence-electron chi connectivity index (χ1n) is 8.06. The third-order valence-corrected chi connectivity index (χ3v) is 4.31. The van der Waals surface area contributed by atoms with Crippen LogP contribution in [0.5, 0.6) is 5.75 Å². The first-order valence-corrected chi connectivity index (χ1v) is 8.06. The largest absolute Gasteiger partial charge is 0.497 e. The lowest BCUT2D eigenvalue weighted by atomic mass is 9.78. The van der Waals surface area contributed by atoms with Crippen molar-refractivity contribution in [3.05, 3.63) is 24.3 Å². The van der Waals surface area contributed by atoms with Gasteiger partial charge in [0.05, 0.1) is 7.11 Å². The van der Waals surface area contributed by atoms with Crippen LogP contribution < -0.4 is 21.1 Å². The van der Waals surface area contributed by atoms with Crippen LogP contribution >= 0.6 is 0 Å². The summed E-state index contributed by atoms with van der Waals surface area (Å²) in [7, 11) is 1.63. The van der Waals surface area contributed by atoms with Crippen LogP contribution in [0.15, 0.2) is 24.3 Å². The second-order valence-corrected chi connectivity index (χ2v) is 5.85. The Morgan fingerprint density at radius 3 is 2.39 bits per heavy atom. The number of carbonyl (C=O) groups excluding carboxylic acids is 2. The van der Waals surface area contributed by atoms with E-state index in [0.29, 0.717) is 13.1 Å². The predicted molar refractivity (Wildman–Crippen MR) is 89.1 cm³/mol. The summed E-state index contributed by atoms with van der Waals surface area (Å²) in [5.74, 6) is -0.217. The molecule has 126 valence electrons. The van der Waals surface area contributed by atoms with Crippen LogP contribution in [0.4, 0.5) is 5.69 Å². The molecule has 6 nitrogen and oxygen atoms in total. The number of ether oxygens (including phenoxy) is 1. The van der Waals surface area contributed by atoms with Crippen LogP contribution in [0.25, 0.3) is 0 Å². The molecule has 1 aliphatic carbocycles. The molecular weight excluding hydrogens is 294 g/mol. The number of amides is 2. The van der Waals surface area contributed by atoms with Crippen LogP contribution in [0, 0.1) is 11.8 Å². The molecule has 6 heteroatoms. The van der Waals surface area contributed by atoms with Gasteiger partial charge in [-0.05, 0) is 37.1 Å². The number of nitrogens with two attached hydrogens (primary N) is 1. The van der Waals surface area contributed by atoms with Gasteiger partial charge in [-0.2, -0.15) is 0 Å². The van der Waals surface area contributed by atoms with E-state index in [2.05, 4.69) is 10.6 Å². The monoisotopic (exact) mass is 319 g/mol. The number of benzene rings is 1. The minimum Gasteiger partial charge on any atom is -0.497 e. The number of primary amides is 1. The fraction of sp³-hybridized carbons (Fsp3) is 0.529. The Morgan fingerprint density at radius 1 is 1.13 bits per heavy atom. The molecule has 1 fully saturated rings. The molecule has 2 unspecified atom stereocenters. The number of anilines is 1. The molecule has 1 aliphatic rings. The standard InChI is InChI=1S/C17H25N3O3/c1-23-13-8-6-12(7-9-13)19-10-11-20-17(22)15-5-3-2-4-14(15)16(18)21/h6-9,14-15,19H,2-5,10-11H2,1H3,(H2,18,21)(H,20,22). The molecule has 0 aliphatic heterocycles. The van der Waals surface area contributed by atoms with E-state index in [1.807, 2.05) is 24.3 Å². The quantitative estimate of drug-likeness (QED) is 0.664. The van der Waals surface area contributed by atoms with Gasteiger partial charge in [-0.15, -0.1) is 0 Å². The highest BCUT2D eigenvalue weighted by Crippen LogP contribution is 2.29. The van der Waals surface area contributed by atoms with Crippen molar-refractivity contribution in [3.63, 3.8) is 0 Å². The van der Waals surface area contributed by atoms with E-state index in [-0.39, 0.29) is 23.7 Å². The van der Waals surface area contributed by atoms with Gasteiger partial charge in [0.1, 0.15) is 5.75 Å². The molecule has 2 rings (SSSR count). The molecule has 0 aromatic heterocycles. The number of hydrogen-bond acceptors (Lipinski definition) is 4. The Labute approximate surface area is 136 Å². The number of rotatable bonds is 7. The molecule has 0 spiro atoms. The summed E-state index contributed by atoms with van der Waals surface area (Å²) < 4.78 is 5.10. The minimum atomic E-state index is -0.360. The normalized spacial score (nSPS) is 20.6. The molecule has 1 aromatic carbocycles. The second-order valence-electron chi connectivity index (χ2n) is 5.85. The number of carbonyl (C=O) groups is 2. The van der Waals surface area contributed by atoms with Gasteiger partial charge in [-0.25, -0.2) is 0 Å². The van der Waals surface area contributed by atoms with Gasteiger partial charge in [0, 0.05) is 30.6 Å². The van der Waals surface area contributed by atoms with E-state index in [4.69, 9.17) is 10.5 Å². The van der Waals surface area contributed by atoms with E-state index in [1.165, 1.54) is 0 Å². The molecule has 1 aromatic rings. The van der Waals surface area contributed by atoms with Gasteiger partial charge in [0.2, 0.25) is 11.8 Å². The summed E-state index contributed by atoms with van der Waals surface area (Å²) in [5, 5.41) is 6.12. The maximum atomic E-state index is 12.2. The minimum absolute atomic E-state index is 0.0648. The number of hydrogen-bond donors (Lipinski definition) is 3. The summed E-state index contributed by atoms with van der Waals surface area (Å²) in [6, 6.07) is 7.59. The molecule has 0 heterocycles. The molecular formula is C17H25N3O3. The van der Waals surface area contributed by atoms with Gasteiger partial charge in [0.25, 0.3) is 0 Å².